The molecule has 4 aromatic rings. The molecule has 0 spiro atoms. The summed E-state index contributed by atoms with van der Waals surface area (Å²) in [6, 6.07) is 18.8. The zero-order chi connectivity index (χ0) is 25.6. The molecule has 1 atom stereocenters. The highest BCUT2D eigenvalue weighted by Gasteiger charge is 2.42. The Morgan fingerprint density at radius 3 is 2.36 bits per heavy atom. The fourth-order valence-electron chi connectivity index (χ4n) is 4.82. The number of methoxy groups -OCH3 is 1. The smallest absolute Gasteiger partial charge is 0.290 e. The third-order valence-electron chi connectivity index (χ3n) is 6.97. The van der Waals surface area contributed by atoms with Crippen molar-refractivity contribution < 1.29 is 13.9 Å². The molecule has 0 N–H and O–H groups in total. The van der Waals surface area contributed by atoms with Gasteiger partial charge in [-0.05, 0) is 65.8 Å². The van der Waals surface area contributed by atoms with E-state index in [1.165, 1.54) is 5.56 Å². The van der Waals surface area contributed by atoms with Gasteiger partial charge in [0, 0.05) is 11.6 Å². The molecule has 0 saturated heterocycles. The molecule has 0 aliphatic carbocycles. The van der Waals surface area contributed by atoms with E-state index in [1.54, 1.807) is 24.1 Å². The third kappa shape index (κ3) is 4.18. The van der Waals surface area contributed by atoms with Crippen molar-refractivity contribution in [2.75, 3.05) is 13.7 Å². The van der Waals surface area contributed by atoms with Crippen LogP contribution in [-0.2, 0) is 6.42 Å². The molecule has 6 heteroatoms. The molecule has 1 aliphatic heterocycles. The van der Waals surface area contributed by atoms with E-state index in [9.17, 15) is 9.59 Å². The van der Waals surface area contributed by atoms with Crippen LogP contribution in [0.3, 0.4) is 0 Å². The van der Waals surface area contributed by atoms with E-state index in [1.807, 2.05) is 43.3 Å². The van der Waals surface area contributed by atoms with Gasteiger partial charge in [-0.1, -0.05) is 61.8 Å². The summed E-state index contributed by atoms with van der Waals surface area (Å²) < 4.78 is 11.3. The van der Waals surface area contributed by atoms with Crippen LogP contribution >= 0.6 is 11.6 Å². The molecular weight excluding hydrogens is 474 g/mol. The lowest BCUT2D eigenvalue weighted by molar-refractivity contribution is 0.0730. The number of rotatable bonds is 6. The number of carbonyl (C=O) groups excluding carboxylic acids is 1. The maximum Gasteiger partial charge on any atom is 0.290 e. The number of nitrogens with zero attached hydrogens (tertiary/aromatic N) is 1. The summed E-state index contributed by atoms with van der Waals surface area (Å²) in [4.78, 5) is 29.2. The Morgan fingerprint density at radius 1 is 1.03 bits per heavy atom. The van der Waals surface area contributed by atoms with Crippen molar-refractivity contribution >= 4 is 28.5 Å². The van der Waals surface area contributed by atoms with Gasteiger partial charge in [0.2, 0.25) is 5.76 Å². The van der Waals surface area contributed by atoms with E-state index in [-0.39, 0.29) is 17.1 Å². The minimum Gasteiger partial charge on any atom is -0.497 e. The Hall–Kier alpha value is -3.57. The monoisotopic (exact) mass is 501 g/mol. The molecule has 0 fully saturated rings. The van der Waals surface area contributed by atoms with Gasteiger partial charge in [0.1, 0.15) is 11.3 Å². The Balaban J connectivity index is 1.61. The molecular formula is C30H28ClNO4. The second-order valence-corrected chi connectivity index (χ2v) is 10.00. The molecule has 2 heterocycles. The molecule has 0 saturated carbocycles. The van der Waals surface area contributed by atoms with E-state index >= 15 is 0 Å². The van der Waals surface area contributed by atoms with Crippen LogP contribution in [0.25, 0.3) is 11.0 Å². The van der Waals surface area contributed by atoms with Crippen LogP contribution in [0.1, 0.15) is 64.2 Å². The topological polar surface area (TPSA) is 59.8 Å². The normalized spacial score (nSPS) is 15.1. The lowest BCUT2D eigenvalue weighted by Gasteiger charge is -2.25. The van der Waals surface area contributed by atoms with Gasteiger partial charge in [0.25, 0.3) is 5.91 Å². The lowest BCUT2D eigenvalue weighted by Crippen LogP contribution is -2.31. The van der Waals surface area contributed by atoms with E-state index < -0.39 is 6.04 Å². The van der Waals surface area contributed by atoms with Gasteiger partial charge in [0.05, 0.1) is 24.1 Å². The highest BCUT2D eigenvalue weighted by atomic mass is 35.5. The van der Waals surface area contributed by atoms with Crippen LogP contribution in [-0.4, -0.2) is 24.5 Å². The number of ether oxygens (including phenoxy) is 1. The van der Waals surface area contributed by atoms with Gasteiger partial charge in [0.15, 0.2) is 5.43 Å². The van der Waals surface area contributed by atoms with E-state index in [0.717, 1.165) is 22.4 Å². The minimum atomic E-state index is -0.535. The highest BCUT2D eigenvalue weighted by Crippen LogP contribution is 2.39. The van der Waals surface area contributed by atoms with Gasteiger partial charge in [-0.15, -0.1) is 0 Å². The first-order valence-electron chi connectivity index (χ1n) is 12.1. The Morgan fingerprint density at radius 2 is 1.72 bits per heavy atom. The van der Waals surface area contributed by atoms with Crippen LogP contribution < -0.4 is 10.2 Å². The summed E-state index contributed by atoms with van der Waals surface area (Å²) >= 11 is 6.34. The second-order valence-electron chi connectivity index (χ2n) is 9.59. The average Bonchev–Trinajstić information content (AvgIpc) is 3.16. The second kappa shape index (κ2) is 9.47. The predicted molar refractivity (Wildman–Crippen MR) is 142 cm³/mol. The van der Waals surface area contributed by atoms with Crippen LogP contribution in [0, 0.1) is 6.92 Å². The van der Waals surface area contributed by atoms with Gasteiger partial charge < -0.3 is 14.1 Å². The SMILES string of the molecule is COc1ccc(CCN2C(=O)c3oc4cc(C)c(Cl)cc4c(=O)c3C2c2ccc(C(C)C)cc2)cc1. The summed E-state index contributed by atoms with van der Waals surface area (Å²) in [7, 11) is 1.63. The molecule has 3 aromatic carbocycles. The number of hydrogen-bond acceptors (Lipinski definition) is 4. The van der Waals surface area contributed by atoms with Gasteiger partial charge >= 0.3 is 0 Å². The van der Waals surface area contributed by atoms with Crippen LogP contribution in [0.2, 0.25) is 5.02 Å². The number of aryl methyl sites for hydroxylation is 1. The standard InChI is InChI=1S/C30H28ClNO4/c1-17(2)20-7-9-21(10-8-20)27-26-28(33)23-16-24(31)18(3)15-25(23)36-29(26)30(34)32(27)14-13-19-5-11-22(35-4)12-6-19/h5-12,15-17,27H,13-14H2,1-4H3. The van der Waals surface area contributed by atoms with Gasteiger partial charge in [-0.25, -0.2) is 0 Å². The first-order chi connectivity index (χ1) is 17.3. The summed E-state index contributed by atoms with van der Waals surface area (Å²) in [5, 5.41) is 0.881. The molecule has 1 aliphatic rings. The van der Waals surface area contributed by atoms with E-state index in [0.29, 0.717) is 40.4 Å². The zero-order valence-electron chi connectivity index (χ0n) is 20.8. The van der Waals surface area contributed by atoms with Crippen molar-refractivity contribution in [3.63, 3.8) is 0 Å². The first kappa shape index (κ1) is 24.1. The molecule has 36 heavy (non-hydrogen) atoms. The fourth-order valence-corrected chi connectivity index (χ4v) is 4.99. The summed E-state index contributed by atoms with van der Waals surface area (Å²) in [5.41, 5.74) is 4.47. The predicted octanol–water partition coefficient (Wildman–Crippen LogP) is 6.67. The van der Waals surface area contributed by atoms with Crippen molar-refractivity contribution in [2.45, 2.75) is 39.2 Å². The third-order valence-corrected chi connectivity index (χ3v) is 7.37. The average molecular weight is 502 g/mol. The Bertz CT molecular complexity index is 1500. The van der Waals surface area contributed by atoms with Crippen molar-refractivity contribution in [2.24, 2.45) is 0 Å². The van der Waals surface area contributed by atoms with E-state index in [2.05, 4.69) is 26.0 Å². The molecule has 5 rings (SSSR count). The number of halogens is 1. The molecule has 0 bridgehead atoms. The molecule has 0 radical (unpaired) electrons. The van der Waals surface area contributed by atoms with Gasteiger partial charge in [-0.2, -0.15) is 0 Å². The molecule has 1 aromatic heterocycles. The highest BCUT2D eigenvalue weighted by molar-refractivity contribution is 6.32. The summed E-state index contributed by atoms with van der Waals surface area (Å²) in [5.74, 6) is 0.994. The summed E-state index contributed by atoms with van der Waals surface area (Å²) in [6.45, 7) is 6.55. The van der Waals surface area contributed by atoms with Crippen molar-refractivity contribution in [3.8, 4) is 5.75 Å². The number of carbonyl (C=O) groups is 1. The fraction of sp³-hybridized carbons (Fsp3) is 0.267. The first-order valence-corrected chi connectivity index (χ1v) is 12.5. The number of benzene rings is 3. The van der Waals surface area contributed by atoms with Crippen molar-refractivity contribution in [3.05, 3.63) is 109 Å². The maximum atomic E-state index is 13.8. The van der Waals surface area contributed by atoms with Crippen molar-refractivity contribution in [1.29, 1.82) is 0 Å². The quantitative estimate of drug-likeness (QED) is 0.296. The molecule has 1 amide bonds. The molecule has 184 valence electrons. The van der Waals surface area contributed by atoms with Crippen LogP contribution in [0.5, 0.6) is 5.75 Å². The zero-order valence-corrected chi connectivity index (χ0v) is 21.6. The number of hydrogen-bond donors (Lipinski definition) is 0. The minimum absolute atomic E-state index is 0.113. The van der Waals surface area contributed by atoms with Gasteiger partial charge in [-0.3, -0.25) is 9.59 Å². The summed E-state index contributed by atoms with van der Waals surface area (Å²) in [6.07, 6.45) is 0.628. The van der Waals surface area contributed by atoms with E-state index in [4.69, 9.17) is 20.8 Å². The van der Waals surface area contributed by atoms with Crippen molar-refractivity contribution in [1.82, 2.24) is 4.90 Å². The lowest BCUT2D eigenvalue weighted by atomic mass is 9.95. The number of amides is 1. The number of fused-ring (bicyclic) bond motifs is 2. The molecule has 5 nitrogen and oxygen atoms in total. The largest absolute Gasteiger partial charge is 0.497 e. The maximum absolute atomic E-state index is 13.8. The van der Waals surface area contributed by atoms with Crippen LogP contribution in [0.15, 0.2) is 69.9 Å². The Kier molecular flexibility index (Phi) is 6.35. The Labute approximate surface area is 215 Å². The van der Waals surface area contributed by atoms with Crippen LogP contribution in [0.4, 0.5) is 0 Å². The molecule has 1 unspecified atom stereocenters.